The summed E-state index contributed by atoms with van der Waals surface area (Å²) in [5.41, 5.74) is 9.94. The van der Waals surface area contributed by atoms with Crippen LogP contribution in [-0.2, 0) is 6.61 Å². The summed E-state index contributed by atoms with van der Waals surface area (Å²) in [5, 5.41) is 0. The van der Waals surface area contributed by atoms with Gasteiger partial charge in [0.25, 0.3) is 0 Å². The molecule has 22 heavy (non-hydrogen) atoms. The van der Waals surface area contributed by atoms with Crippen LogP contribution in [0.4, 0.5) is 11.4 Å². The van der Waals surface area contributed by atoms with Crippen molar-refractivity contribution in [1.29, 1.82) is 0 Å². The van der Waals surface area contributed by atoms with Crippen LogP contribution < -0.4 is 15.4 Å². The third kappa shape index (κ3) is 1.92. The van der Waals surface area contributed by atoms with Crippen molar-refractivity contribution in [1.82, 2.24) is 0 Å². The molecular formula is C19H22N2O. The normalized spacial score (nSPS) is 26.3. The lowest BCUT2D eigenvalue weighted by Crippen LogP contribution is -2.60. The third-order valence-electron chi connectivity index (χ3n) is 5.14. The van der Waals surface area contributed by atoms with Gasteiger partial charge in [-0.25, -0.2) is 0 Å². The van der Waals surface area contributed by atoms with Gasteiger partial charge >= 0.3 is 0 Å². The summed E-state index contributed by atoms with van der Waals surface area (Å²) in [5.74, 6) is 0.965. The SMILES string of the molecule is CCC1(N2c3ccccc3COc3ccccc32)CC(N)C1. The van der Waals surface area contributed by atoms with Gasteiger partial charge in [-0.05, 0) is 37.5 Å². The van der Waals surface area contributed by atoms with E-state index in [1.807, 2.05) is 6.07 Å². The standard InChI is InChI=1S/C19H22N2O/c1-2-19(11-15(20)12-19)21-16-8-4-3-7-14(16)13-22-18-10-6-5-9-17(18)21/h3-10,15H,2,11-13,20H2,1H3. The molecule has 0 bridgehead atoms. The van der Waals surface area contributed by atoms with Gasteiger partial charge in [0.15, 0.2) is 0 Å². The second-order valence-electron chi connectivity index (χ2n) is 6.47. The Bertz CT molecular complexity index is 644. The van der Waals surface area contributed by atoms with E-state index < -0.39 is 0 Å². The number of fused-ring (bicyclic) bond motifs is 2. The van der Waals surface area contributed by atoms with E-state index in [1.165, 1.54) is 16.9 Å². The molecule has 0 atom stereocenters. The Hall–Kier alpha value is -2.00. The molecule has 4 rings (SSSR count). The topological polar surface area (TPSA) is 38.5 Å². The molecule has 2 aliphatic rings. The Labute approximate surface area is 131 Å². The van der Waals surface area contributed by atoms with E-state index in [0.29, 0.717) is 12.6 Å². The maximum Gasteiger partial charge on any atom is 0.143 e. The van der Waals surface area contributed by atoms with Gasteiger partial charge in [-0.15, -0.1) is 0 Å². The van der Waals surface area contributed by atoms with Crippen molar-refractivity contribution in [3.63, 3.8) is 0 Å². The van der Waals surface area contributed by atoms with E-state index >= 15 is 0 Å². The van der Waals surface area contributed by atoms with Crippen LogP contribution in [0.1, 0.15) is 31.7 Å². The summed E-state index contributed by atoms with van der Waals surface area (Å²) >= 11 is 0. The number of rotatable bonds is 2. The van der Waals surface area contributed by atoms with Crippen LogP contribution in [-0.4, -0.2) is 11.6 Å². The highest BCUT2D eigenvalue weighted by atomic mass is 16.5. The molecule has 1 aliphatic heterocycles. The number of hydrogen-bond donors (Lipinski definition) is 1. The lowest BCUT2D eigenvalue weighted by molar-refractivity contribution is 0.200. The molecule has 0 radical (unpaired) electrons. The first kappa shape index (κ1) is 13.6. The summed E-state index contributed by atoms with van der Waals surface area (Å²) in [6.45, 7) is 2.89. The average molecular weight is 294 g/mol. The molecule has 1 aliphatic carbocycles. The van der Waals surface area contributed by atoms with Gasteiger partial charge in [0.2, 0.25) is 0 Å². The lowest BCUT2D eigenvalue weighted by Gasteiger charge is -2.54. The van der Waals surface area contributed by atoms with Gasteiger partial charge in [0.1, 0.15) is 12.4 Å². The van der Waals surface area contributed by atoms with E-state index in [-0.39, 0.29) is 5.54 Å². The van der Waals surface area contributed by atoms with Crippen LogP contribution in [0.15, 0.2) is 48.5 Å². The second kappa shape index (κ2) is 5.03. The molecule has 1 saturated carbocycles. The predicted octanol–water partition coefficient (Wildman–Crippen LogP) is 3.99. The summed E-state index contributed by atoms with van der Waals surface area (Å²) in [6.07, 6.45) is 3.15. The quantitative estimate of drug-likeness (QED) is 0.910. The summed E-state index contributed by atoms with van der Waals surface area (Å²) < 4.78 is 6.07. The van der Waals surface area contributed by atoms with Crippen LogP contribution >= 0.6 is 0 Å². The molecule has 2 aromatic carbocycles. The molecule has 1 fully saturated rings. The van der Waals surface area contributed by atoms with E-state index in [4.69, 9.17) is 10.5 Å². The molecule has 3 nitrogen and oxygen atoms in total. The molecule has 0 saturated heterocycles. The number of hydrogen-bond acceptors (Lipinski definition) is 3. The first-order chi connectivity index (χ1) is 10.7. The highest BCUT2D eigenvalue weighted by Gasteiger charge is 2.48. The smallest absolute Gasteiger partial charge is 0.143 e. The predicted molar refractivity (Wildman–Crippen MR) is 89.6 cm³/mol. The van der Waals surface area contributed by atoms with Crippen molar-refractivity contribution in [2.75, 3.05) is 4.90 Å². The zero-order valence-electron chi connectivity index (χ0n) is 13.0. The van der Waals surface area contributed by atoms with Gasteiger partial charge in [0, 0.05) is 22.8 Å². The van der Waals surface area contributed by atoms with Crippen molar-refractivity contribution < 1.29 is 4.74 Å². The van der Waals surface area contributed by atoms with E-state index in [0.717, 1.165) is 25.0 Å². The van der Waals surface area contributed by atoms with Crippen LogP contribution in [0.3, 0.4) is 0 Å². The van der Waals surface area contributed by atoms with Crippen LogP contribution in [0.2, 0.25) is 0 Å². The van der Waals surface area contributed by atoms with Crippen molar-refractivity contribution in [2.24, 2.45) is 5.73 Å². The number of nitrogens with two attached hydrogens (primary N) is 1. The Kier molecular flexibility index (Phi) is 3.12. The number of benzene rings is 2. The Morgan fingerprint density at radius 2 is 1.77 bits per heavy atom. The maximum absolute atomic E-state index is 6.16. The molecule has 2 aromatic rings. The Morgan fingerprint density at radius 3 is 2.50 bits per heavy atom. The molecule has 0 spiro atoms. The molecule has 114 valence electrons. The number of ether oxygens (including phenoxy) is 1. The average Bonchev–Trinajstić information content (AvgIpc) is 2.69. The molecule has 3 heteroatoms. The summed E-state index contributed by atoms with van der Waals surface area (Å²) in [4.78, 5) is 2.49. The highest BCUT2D eigenvalue weighted by Crippen LogP contribution is 2.51. The van der Waals surface area contributed by atoms with E-state index in [9.17, 15) is 0 Å². The molecule has 0 aromatic heterocycles. The zero-order valence-corrected chi connectivity index (χ0v) is 13.0. The first-order valence-electron chi connectivity index (χ1n) is 8.09. The minimum atomic E-state index is 0.110. The Balaban J connectivity index is 1.92. The fourth-order valence-corrected chi connectivity index (χ4v) is 3.96. The Morgan fingerprint density at radius 1 is 1.09 bits per heavy atom. The maximum atomic E-state index is 6.16. The van der Waals surface area contributed by atoms with Gasteiger partial charge < -0.3 is 15.4 Å². The van der Waals surface area contributed by atoms with Gasteiger partial charge in [-0.2, -0.15) is 0 Å². The number of para-hydroxylation sites is 3. The largest absolute Gasteiger partial charge is 0.487 e. The minimum absolute atomic E-state index is 0.110. The molecular weight excluding hydrogens is 272 g/mol. The van der Waals surface area contributed by atoms with Gasteiger partial charge in [0.05, 0.1) is 5.69 Å². The third-order valence-corrected chi connectivity index (χ3v) is 5.14. The highest BCUT2D eigenvalue weighted by molar-refractivity contribution is 5.75. The zero-order chi connectivity index (χ0) is 15.2. The molecule has 1 heterocycles. The summed E-state index contributed by atoms with van der Waals surface area (Å²) in [7, 11) is 0. The minimum Gasteiger partial charge on any atom is -0.487 e. The van der Waals surface area contributed by atoms with Crippen molar-refractivity contribution in [3.05, 3.63) is 54.1 Å². The van der Waals surface area contributed by atoms with Crippen molar-refractivity contribution in [3.8, 4) is 5.75 Å². The lowest BCUT2D eigenvalue weighted by atomic mass is 9.69. The monoisotopic (exact) mass is 294 g/mol. The molecule has 0 unspecified atom stereocenters. The first-order valence-corrected chi connectivity index (χ1v) is 8.09. The van der Waals surface area contributed by atoms with Crippen LogP contribution in [0.5, 0.6) is 5.75 Å². The second-order valence-corrected chi connectivity index (χ2v) is 6.47. The van der Waals surface area contributed by atoms with Crippen LogP contribution in [0, 0.1) is 0 Å². The van der Waals surface area contributed by atoms with Crippen molar-refractivity contribution in [2.45, 2.75) is 44.4 Å². The fraction of sp³-hybridized carbons (Fsp3) is 0.368. The van der Waals surface area contributed by atoms with Crippen molar-refractivity contribution >= 4 is 11.4 Å². The van der Waals surface area contributed by atoms with E-state index in [2.05, 4.69) is 54.3 Å². The van der Waals surface area contributed by atoms with E-state index in [1.54, 1.807) is 0 Å². The summed E-state index contributed by atoms with van der Waals surface area (Å²) in [6, 6.07) is 17.2. The van der Waals surface area contributed by atoms with Gasteiger partial charge in [-0.1, -0.05) is 37.3 Å². The number of nitrogens with zero attached hydrogens (tertiary/aromatic N) is 1. The molecule has 2 N–H and O–H groups in total. The molecule has 0 amide bonds. The number of anilines is 2. The van der Waals surface area contributed by atoms with Crippen LogP contribution in [0.25, 0.3) is 0 Å². The van der Waals surface area contributed by atoms with Gasteiger partial charge in [-0.3, -0.25) is 0 Å². The fourth-order valence-electron chi connectivity index (χ4n) is 3.96.